The molecule has 2 aliphatic heterocycles. The van der Waals surface area contributed by atoms with Crippen molar-refractivity contribution in [2.24, 2.45) is 0 Å². The number of likely N-dealkylation sites (N-methyl/N-ethyl adjacent to an activating group) is 1. The first-order chi connectivity index (χ1) is 11.2. The molecule has 2 saturated heterocycles. The van der Waals surface area contributed by atoms with Gasteiger partial charge in [0.25, 0.3) is 0 Å². The second-order valence-electron chi connectivity index (χ2n) is 5.87. The van der Waals surface area contributed by atoms with Crippen LogP contribution >= 0.6 is 11.3 Å². The van der Waals surface area contributed by atoms with Crippen molar-refractivity contribution in [1.29, 1.82) is 0 Å². The lowest BCUT2D eigenvalue weighted by atomic mass is 9.97. The van der Waals surface area contributed by atoms with E-state index in [2.05, 4.69) is 21.7 Å². The van der Waals surface area contributed by atoms with E-state index >= 15 is 0 Å². The molecule has 2 aliphatic rings. The van der Waals surface area contributed by atoms with E-state index in [0.717, 1.165) is 32.4 Å². The fraction of sp³-hybridized carbons (Fsp3) is 0.600. The Morgan fingerprint density at radius 3 is 2.58 bits per heavy atom. The molecule has 2 fully saturated rings. The minimum absolute atomic E-state index is 0.323. The molecule has 9 heteroatoms. The van der Waals surface area contributed by atoms with Gasteiger partial charge in [-0.2, -0.15) is 24.5 Å². The Morgan fingerprint density at radius 1 is 1.38 bits per heavy atom. The van der Waals surface area contributed by atoms with Crippen molar-refractivity contribution < 1.29 is 27.9 Å². The second kappa shape index (κ2) is 7.52. The normalized spacial score (nSPS) is 24.3. The van der Waals surface area contributed by atoms with Crippen LogP contribution in [-0.4, -0.2) is 58.6 Å². The van der Waals surface area contributed by atoms with Gasteiger partial charge in [-0.15, -0.1) is 0 Å². The third-order valence-corrected chi connectivity index (χ3v) is 5.11. The summed E-state index contributed by atoms with van der Waals surface area (Å²) in [4.78, 5) is 25.1. The number of alkyl halides is 3. The van der Waals surface area contributed by atoms with Gasteiger partial charge < -0.3 is 10.0 Å². The third-order valence-electron chi connectivity index (χ3n) is 4.38. The standard InChI is InChI=1S/C13H18N2OS.C2HF3O2/c1-14-11-4-6-15(8-10-5-7-17-9-10)12(11)2-3-13(14)16;3-2(4,5)1(6)7/h5,7,9,11-12H,2-4,6,8H2,1H3;(H,6,7)/t11-,12-;/m1./s1. The van der Waals surface area contributed by atoms with Crippen LogP contribution in [-0.2, 0) is 16.1 Å². The maximum Gasteiger partial charge on any atom is 0.490 e. The zero-order chi connectivity index (χ0) is 17.9. The van der Waals surface area contributed by atoms with Crippen molar-refractivity contribution in [1.82, 2.24) is 9.80 Å². The van der Waals surface area contributed by atoms with Crippen molar-refractivity contribution in [3.05, 3.63) is 22.4 Å². The lowest BCUT2D eigenvalue weighted by Crippen LogP contribution is -2.50. The number of likely N-dealkylation sites (tertiary alicyclic amines) is 2. The number of rotatable bonds is 2. The average molecular weight is 364 g/mol. The summed E-state index contributed by atoms with van der Waals surface area (Å²) in [5.41, 5.74) is 1.41. The van der Waals surface area contributed by atoms with Crippen LogP contribution in [0.2, 0.25) is 0 Å². The van der Waals surface area contributed by atoms with Crippen molar-refractivity contribution in [2.45, 2.75) is 44.1 Å². The Hall–Kier alpha value is -1.61. The average Bonchev–Trinajstić information content (AvgIpc) is 3.13. The lowest BCUT2D eigenvalue weighted by molar-refractivity contribution is -0.192. The maximum atomic E-state index is 11.7. The summed E-state index contributed by atoms with van der Waals surface area (Å²) in [5.74, 6) is -2.43. The molecule has 0 unspecified atom stereocenters. The maximum absolute atomic E-state index is 11.7. The molecule has 0 radical (unpaired) electrons. The van der Waals surface area contributed by atoms with Crippen LogP contribution < -0.4 is 0 Å². The minimum atomic E-state index is -5.08. The van der Waals surface area contributed by atoms with Crippen LogP contribution in [0.25, 0.3) is 0 Å². The largest absolute Gasteiger partial charge is 0.490 e. The first-order valence-electron chi connectivity index (χ1n) is 7.51. The zero-order valence-corrected chi connectivity index (χ0v) is 13.9. The first-order valence-corrected chi connectivity index (χ1v) is 8.45. The number of amides is 1. The van der Waals surface area contributed by atoms with Gasteiger partial charge >= 0.3 is 12.1 Å². The first kappa shape index (κ1) is 18.7. The third kappa shape index (κ3) is 4.47. The molecule has 1 N–H and O–H groups in total. The molecule has 134 valence electrons. The molecular weight excluding hydrogens is 345 g/mol. The van der Waals surface area contributed by atoms with Gasteiger partial charge in [0.1, 0.15) is 0 Å². The van der Waals surface area contributed by atoms with Gasteiger partial charge in [-0.1, -0.05) is 0 Å². The number of thiophene rings is 1. The molecule has 0 spiro atoms. The van der Waals surface area contributed by atoms with Gasteiger partial charge in [-0.25, -0.2) is 4.79 Å². The summed E-state index contributed by atoms with van der Waals surface area (Å²) in [6, 6.07) is 3.24. The van der Waals surface area contributed by atoms with E-state index in [-0.39, 0.29) is 0 Å². The number of aliphatic carboxylic acids is 1. The van der Waals surface area contributed by atoms with E-state index in [0.29, 0.717) is 18.0 Å². The number of fused-ring (bicyclic) bond motifs is 1. The SMILES string of the molecule is CN1C(=O)CC[C@@H]2[C@H]1CCN2Cc1ccsc1.O=C(O)C(F)(F)F. The minimum Gasteiger partial charge on any atom is -0.475 e. The fourth-order valence-corrected chi connectivity index (χ4v) is 3.83. The van der Waals surface area contributed by atoms with Crippen LogP contribution in [0, 0.1) is 0 Å². The van der Waals surface area contributed by atoms with Crippen molar-refractivity contribution in [3.8, 4) is 0 Å². The molecule has 0 saturated carbocycles. The highest BCUT2D eigenvalue weighted by atomic mass is 32.1. The van der Waals surface area contributed by atoms with Gasteiger partial charge in [0, 0.05) is 38.6 Å². The summed E-state index contributed by atoms with van der Waals surface area (Å²) in [6.45, 7) is 2.18. The Labute approximate surface area is 141 Å². The van der Waals surface area contributed by atoms with E-state index in [1.165, 1.54) is 5.56 Å². The molecule has 1 amide bonds. The molecule has 3 rings (SSSR count). The van der Waals surface area contributed by atoms with Gasteiger partial charge in [-0.05, 0) is 35.2 Å². The molecule has 0 aliphatic carbocycles. The number of hydrogen-bond acceptors (Lipinski definition) is 4. The highest BCUT2D eigenvalue weighted by Gasteiger charge is 2.41. The number of carbonyl (C=O) groups excluding carboxylic acids is 1. The van der Waals surface area contributed by atoms with Crippen LogP contribution in [0.15, 0.2) is 16.8 Å². The summed E-state index contributed by atoms with van der Waals surface area (Å²) >= 11 is 1.76. The quantitative estimate of drug-likeness (QED) is 0.876. The highest BCUT2D eigenvalue weighted by Crippen LogP contribution is 2.31. The number of piperidine rings is 1. The fourth-order valence-electron chi connectivity index (χ4n) is 3.17. The molecule has 3 heterocycles. The number of halogens is 3. The van der Waals surface area contributed by atoms with E-state index < -0.39 is 12.1 Å². The topological polar surface area (TPSA) is 60.9 Å². The Kier molecular flexibility index (Phi) is 5.87. The van der Waals surface area contributed by atoms with Crippen LogP contribution in [0.4, 0.5) is 13.2 Å². The van der Waals surface area contributed by atoms with Gasteiger partial charge in [0.2, 0.25) is 5.91 Å². The number of nitrogens with zero attached hydrogens (tertiary/aromatic N) is 2. The molecule has 2 atom stereocenters. The highest BCUT2D eigenvalue weighted by molar-refractivity contribution is 7.07. The van der Waals surface area contributed by atoms with E-state index in [1.807, 2.05) is 11.9 Å². The Balaban J connectivity index is 0.000000256. The molecular formula is C15H19F3N2O3S. The van der Waals surface area contributed by atoms with Crippen LogP contribution in [0.1, 0.15) is 24.8 Å². The van der Waals surface area contributed by atoms with E-state index in [1.54, 1.807) is 11.3 Å². The molecule has 0 aromatic carbocycles. The number of hydrogen-bond donors (Lipinski definition) is 1. The van der Waals surface area contributed by atoms with Crippen molar-refractivity contribution >= 4 is 23.2 Å². The number of carbonyl (C=O) groups is 2. The molecule has 5 nitrogen and oxygen atoms in total. The predicted molar refractivity (Wildman–Crippen MR) is 82.6 cm³/mol. The van der Waals surface area contributed by atoms with Crippen molar-refractivity contribution in [2.75, 3.05) is 13.6 Å². The van der Waals surface area contributed by atoms with E-state index in [9.17, 15) is 18.0 Å². The van der Waals surface area contributed by atoms with Crippen LogP contribution in [0.3, 0.4) is 0 Å². The Bertz CT molecular complexity index is 577. The van der Waals surface area contributed by atoms with Gasteiger partial charge in [0.05, 0.1) is 0 Å². The molecule has 0 bridgehead atoms. The number of carboxylic acid groups (broad SMARTS) is 1. The zero-order valence-electron chi connectivity index (χ0n) is 13.1. The molecule has 1 aromatic heterocycles. The molecule has 1 aromatic rings. The summed E-state index contributed by atoms with van der Waals surface area (Å²) in [7, 11) is 1.97. The van der Waals surface area contributed by atoms with Crippen LogP contribution in [0.5, 0.6) is 0 Å². The summed E-state index contributed by atoms with van der Waals surface area (Å²) in [5, 5.41) is 11.5. The summed E-state index contributed by atoms with van der Waals surface area (Å²) < 4.78 is 31.7. The second-order valence-corrected chi connectivity index (χ2v) is 6.65. The molecule has 24 heavy (non-hydrogen) atoms. The summed E-state index contributed by atoms with van der Waals surface area (Å²) in [6.07, 6.45) is -2.19. The van der Waals surface area contributed by atoms with Crippen molar-refractivity contribution in [3.63, 3.8) is 0 Å². The lowest BCUT2D eigenvalue weighted by Gasteiger charge is -2.37. The van der Waals surface area contributed by atoms with E-state index in [4.69, 9.17) is 9.90 Å². The smallest absolute Gasteiger partial charge is 0.475 e. The number of carboxylic acids is 1. The van der Waals surface area contributed by atoms with Gasteiger partial charge in [-0.3, -0.25) is 9.69 Å². The monoisotopic (exact) mass is 364 g/mol. The predicted octanol–water partition coefficient (Wildman–Crippen LogP) is 2.58. The van der Waals surface area contributed by atoms with Gasteiger partial charge in [0.15, 0.2) is 0 Å². The Morgan fingerprint density at radius 2 is 2.04 bits per heavy atom.